The highest BCUT2D eigenvalue weighted by Gasteiger charge is 2.34. The number of halogens is 2. The summed E-state index contributed by atoms with van der Waals surface area (Å²) in [5.74, 6) is -1.60. The Kier molecular flexibility index (Phi) is 3.98. The zero-order valence-electron chi connectivity index (χ0n) is 10.4. The first-order valence-corrected chi connectivity index (χ1v) is 5.90. The van der Waals surface area contributed by atoms with E-state index in [2.05, 4.69) is 0 Å². The van der Waals surface area contributed by atoms with Crippen LogP contribution >= 0.6 is 0 Å². The molecule has 19 heavy (non-hydrogen) atoms. The highest BCUT2D eigenvalue weighted by Crippen LogP contribution is 2.32. The van der Waals surface area contributed by atoms with Gasteiger partial charge in [-0.25, -0.2) is 8.78 Å². The number of anilines is 1. The molecule has 0 radical (unpaired) electrons. The molecule has 102 valence electrons. The van der Waals surface area contributed by atoms with Crippen molar-refractivity contribution in [3.05, 3.63) is 29.3 Å². The zero-order chi connectivity index (χ0) is 14.0. The summed E-state index contributed by atoms with van der Waals surface area (Å²) in [4.78, 5) is 1.46. The fourth-order valence-electron chi connectivity index (χ4n) is 2.40. The van der Waals surface area contributed by atoms with Crippen molar-refractivity contribution < 1.29 is 18.6 Å². The van der Waals surface area contributed by atoms with E-state index >= 15 is 0 Å². The van der Waals surface area contributed by atoms with Crippen LogP contribution < -0.4 is 4.90 Å². The Bertz CT molecular complexity index is 493. The molecular formula is C13H14F2N2O2. The number of ether oxygens (including phenoxy) is 1. The normalized spacial score (nSPS) is 22.6. The lowest BCUT2D eigenvalue weighted by Crippen LogP contribution is -2.34. The van der Waals surface area contributed by atoms with Gasteiger partial charge < -0.3 is 14.7 Å². The molecular weight excluding hydrogens is 254 g/mol. The quantitative estimate of drug-likeness (QED) is 0.900. The van der Waals surface area contributed by atoms with Gasteiger partial charge in [0.2, 0.25) is 0 Å². The van der Waals surface area contributed by atoms with E-state index in [9.17, 15) is 13.9 Å². The number of aliphatic hydroxyl groups excluding tert-OH is 1. The van der Waals surface area contributed by atoms with Gasteiger partial charge in [0.1, 0.15) is 5.69 Å². The molecule has 2 atom stereocenters. The lowest BCUT2D eigenvalue weighted by Gasteiger charge is -2.25. The summed E-state index contributed by atoms with van der Waals surface area (Å²) in [5.41, 5.74) is -0.278. The van der Waals surface area contributed by atoms with Crippen LogP contribution in [0.4, 0.5) is 14.5 Å². The van der Waals surface area contributed by atoms with E-state index in [0.717, 1.165) is 12.1 Å². The maximum Gasteiger partial charge on any atom is 0.150 e. The molecule has 1 aliphatic heterocycles. The topological polar surface area (TPSA) is 56.5 Å². The van der Waals surface area contributed by atoms with E-state index in [1.54, 1.807) is 6.07 Å². The van der Waals surface area contributed by atoms with E-state index < -0.39 is 11.6 Å². The summed E-state index contributed by atoms with van der Waals surface area (Å²) in [6.45, 7) is 0.0974. The van der Waals surface area contributed by atoms with Gasteiger partial charge in [0.15, 0.2) is 11.6 Å². The van der Waals surface area contributed by atoms with Gasteiger partial charge in [0.25, 0.3) is 0 Å². The van der Waals surface area contributed by atoms with Crippen LogP contribution in [0.25, 0.3) is 0 Å². The van der Waals surface area contributed by atoms with Crippen molar-refractivity contribution in [3.63, 3.8) is 0 Å². The number of rotatable bonds is 3. The van der Waals surface area contributed by atoms with Crippen LogP contribution in [0.15, 0.2) is 12.1 Å². The van der Waals surface area contributed by atoms with Gasteiger partial charge in [-0.2, -0.15) is 5.26 Å². The minimum Gasteiger partial charge on any atom is -0.394 e. The molecule has 1 aliphatic rings. The lowest BCUT2D eigenvalue weighted by atomic mass is 10.1. The van der Waals surface area contributed by atoms with Crippen LogP contribution in [0.2, 0.25) is 0 Å². The van der Waals surface area contributed by atoms with Gasteiger partial charge in [0, 0.05) is 13.7 Å². The number of hydrogen-bond acceptors (Lipinski definition) is 4. The summed E-state index contributed by atoms with van der Waals surface area (Å²) < 4.78 is 33.0. The van der Waals surface area contributed by atoms with E-state index in [1.165, 1.54) is 12.0 Å². The SMILES string of the molecule is CO[C@H]1C[C@@H](CO)N(c2c(F)cc(C#N)cc2F)C1. The summed E-state index contributed by atoms with van der Waals surface area (Å²) in [6, 6.07) is 3.30. The molecule has 1 aromatic carbocycles. The number of methoxy groups -OCH3 is 1. The summed E-state index contributed by atoms with van der Waals surface area (Å²) in [5, 5.41) is 18.0. The number of nitriles is 1. The Hall–Kier alpha value is -1.71. The Labute approximate surface area is 109 Å². The second-order valence-corrected chi connectivity index (χ2v) is 4.48. The number of benzene rings is 1. The van der Waals surface area contributed by atoms with E-state index in [-0.39, 0.29) is 30.0 Å². The van der Waals surface area contributed by atoms with E-state index in [4.69, 9.17) is 10.00 Å². The fraction of sp³-hybridized carbons (Fsp3) is 0.462. The van der Waals surface area contributed by atoms with Crippen LogP contribution in [0.5, 0.6) is 0 Å². The molecule has 1 N–H and O–H groups in total. The maximum atomic E-state index is 13.9. The fourth-order valence-corrected chi connectivity index (χ4v) is 2.40. The van der Waals surface area contributed by atoms with E-state index in [1.807, 2.05) is 0 Å². The van der Waals surface area contributed by atoms with Gasteiger partial charge in [-0.1, -0.05) is 0 Å². The number of aliphatic hydroxyl groups is 1. The molecule has 0 bridgehead atoms. The van der Waals surface area contributed by atoms with Crippen molar-refractivity contribution in [3.8, 4) is 6.07 Å². The largest absolute Gasteiger partial charge is 0.394 e. The Morgan fingerprint density at radius 3 is 2.58 bits per heavy atom. The van der Waals surface area contributed by atoms with Crippen molar-refractivity contribution in [2.75, 3.05) is 25.2 Å². The highest BCUT2D eigenvalue weighted by molar-refractivity contribution is 5.54. The summed E-state index contributed by atoms with van der Waals surface area (Å²) in [7, 11) is 1.52. The second-order valence-electron chi connectivity index (χ2n) is 4.48. The minimum atomic E-state index is -0.799. The van der Waals surface area contributed by atoms with Crippen LogP contribution in [0, 0.1) is 23.0 Å². The summed E-state index contributed by atoms with van der Waals surface area (Å²) in [6.07, 6.45) is 0.331. The summed E-state index contributed by atoms with van der Waals surface area (Å²) >= 11 is 0. The molecule has 0 unspecified atom stereocenters. The van der Waals surface area contributed by atoms with Crippen molar-refractivity contribution in [1.29, 1.82) is 5.26 Å². The average molecular weight is 268 g/mol. The predicted octanol–water partition coefficient (Wildman–Crippen LogP) is 1.42. The van der Waals surface area contributed by atoms with Crippen molar-refractivity contribution in [2.45, 2.75) is 18.6 Å². The van der Waals surface area contributed by atoms with Gasteiger partial charge in [0.05, 0.1) is 30.4 Å². The molecule has 0 aromatic heterocycles. The molecule has 1 saturated heterocycles. The van der Waals surface area contributed by atoms with E-state index in [0.29, 0.717) is 13.0 Å². The third kappa shape index (κ3) is 2.53. The molecule has 6 heteroatoms. The molecule has 0 aliphatic carbocycles. The van der Waals surface area contributed by atoms with Gasteiger partial charge in [-0.15, -0.1) is 0 Å². The van der Waals surface area contributed by atoms with Gasteiger partial charge >= 0.3 is 0 Å². The Morgan fingerprint density at radius 1 is 1.47 bits per heavy atom. The first-order valence-electron chi connectivity index (χ1n) is 5.90. The molecule has 1 aromatic rings. The third-order valence-electron chi connectivity index (χ3n) is 3.35. The molecule has 1 fully saturated rings. The van der Waals surface area contributed by atoms with Crippen molar-refractivity contribution in [2.24, 2.45) is 0 Å². The standard InChI is InChI=1S/C13H14F2N2O2/c1-19-10-4-9(7-18)17(6-10)13-11(14)2-8(5-16)3-12(13)15/h2-3,9-10,18H,4,6-7H2,1H3/t9-,10-/m0/s1. The van der Waals surface area contributed by atoms with Crippen LogP contribution in [-0.4, -0.2) is 37.5 Å². The second kappa shape index (κ2) is 5.51. The van der Waals surface area contributed by atoms with Crippen LogP contribution in [0.1, 0.15) is 12.0 Å². The first kappa shape index (κ1) is 13.7. The smallest absolute Gasteiger partial charge is 0.150 e. The molecule has 4 nitrogen and oxygen atoms in total. The van der Waals surface area contributed by atoms with Gasteiger partial charge in [-0.05, 0) is 18.6 Å². The molecule has 2 rings (SSSR count). The van der Waals surface area contributed by atoms with Crippen LogP contribution in [-0.2, 0) is 4.74 Å². The van der Waals surface area contributed by atoms with Crippen molar-refractivity contribution >= 4 is 5.69 Å². The third-order valence-corrected chi connectivity index (χ3v) is 3.35. The number of hydrogen-bond donors (Lipinski definition) is 1. The van der Waals surface area contributed by atoms with Crippen LogP contribution in [0.3, 0.4) is 0 Å². The maximum absolute atomic E-state index is 13.9. The zero-order valence-corrected chi connectivity index (χ0v) is 10.4. The van der Waals surface area contributed by atoms with Gasteiger partial charge in [-0.3, -0.25) is 0 Å². The monoisotopic (exact) mass is 268 g/mol. The Morgan fingerprint density at radius 2 is 2.11 bits per heavy atom. The first-order chi connectivity index (χ1) is 9.10. The number of nitrogens with zero attached hydrogens (tertiary/aromatic N) is 2. The Balaban J connectivity index is 2.39. The highest BCUT2D eigenvalue weighted by atomic mass is 19.1. The lowest BCUT2D eigenvalue weighted by molar-refractivity contribution is 0.115. The molecule has 0 amide bonds. The predicted molar refractivity (Wildman–Crippen MR) is 64.7 cm³/mol. The molecule has 0 saturated carbocycles. The molecule has 1 heterocycles. The van der Waals surface area contributed by atoms with Crippen molar-refractivity contribution in [1.82, 2.24) is 0 Å². The average Bonchev–Trinajstić information content (AvgIpc) is 2.81. The molecule has 0 spiro atoms. The minimum absolute atomic E-state index is 0.0678.